The molecule has 1 fully saturated rings. The molecule has 1 aliphatic heterocycles. The molecule has 0 radical (unpaired) electrons. The summed E-state index contributed by atoms with van der Waals surface area (Å²) in [7, 11) is 0. The van der Waals surface area contributed by atoms with E-state index in [0.717, 1.165) is 5.82 Å². The number of alkyl halides is 1. The smallest absolute Gasteiger partial charge is 0.134 e. The average molecular weight is 260 g/mol. The third kappa shape index (κ3) is 3.04. The maximum Gasteiger partial charge on any atom is 0.134 e. The van der Waals surface area contributed by atoms with E-state index in [1.807, 2.05) is 4.90 Å². The van der Waals surface area contributed by atoms with Gasteiger partial charge < -0.3 is 10.0 Å². The summed E-state index contributed by atoms with van der Waals surface area (Å²) in [6, 6.07) is 1.69. The van der Waals surface area contributed by atoms with Crippen LogP contribution in [0.3, 0.4) is 0 Å². The van der Waals surface area contributed by atoms with Gasteiger partial charge in [-0.1, -0.05) is 11.6 Å². The van der Waals surface area contributed by atoms with Crippen LogP contribution in [0.1, 0.15) is 12.8 Å². The Labute approximate surface area is 104 Å². The van der Waals surface area contributed by atoms with Gasteiger partial charge in [-0.15, -0.1) is 0 Å². The molecule has 0 amide bonds. The number of anilines is 1. The monoisotopic (exact) mass is 259 g/mol. The Morgan fingerprint density at radius 2 is 2.35 bits per heavy atom. The predicted molar refractivity (Wildman–Crippen MR) is 64.0 cm³/mol. The van der Waals surface area contributed by atoms with E-state index in [2.05, 4.69) is 9.97 Å². The zero-order valence-electron chi connectivity index (χ0n) is 9.39. The summed E-state index contributed by atoms with van der Waals surface area (Å²) in [6.07, 6.45) is 2.01. The molecule has 2 heterocycles. The van der Waals surface area contributed by atoms with Gasteiger partial charge in [-0.3, -0.25) is 4.39 Å². The van der Waals surface area contributed by atoms with E-state index in [0.29, 0.717) is 31.1 Å². The lowest BCUT2D eigenvalue weighted by molar-refractivity contribution is 0.0792. The van der Waals surface area contributed by atoms with Crippen LogP contribution in [0.25, 0.3) is 0 Å². The van der Waals surface area contributed by atoms with Crippen molar-refractivity contribution >= 4 is 17.4 Å². The molecular formula is C11H15ClFN3O. The fraction of sp³-hybridized carbons (Fsp3) is 0.636. The van der Waals surface area contributed by atoms with Crippen LogP contribution in [0, 0.1) is 5.92 Å². The SMILES string of the molecule is O[C@@H]1CCN(c2cc(Cl)ncn2)C[C@H]1CCF. The van der Waals surface area contributed by atoms with Crippen molar-refractivity contribution < 1.29 is 9.50 Å². The third-order valence-electron chi connectivity index (χ3n) is 3.12. The second-order valence-electron chi connectivity index (χ2n) is 4.24. The molecule has 94 valence electrons. The molecule has 0 saturated carbocycles. The fourth-order valence-corrected chi connectivity index (χ4v) is 2.29. The summed E-state index contributed by atoms with van der Waals surface area (Å²) in [4.78, 5) is 9.98. The Bertz CT molecular complexity index is 379. The molecule has 6 heteroatoms. The van der Waals surface area contributed by atoms with Gasteiger partial charge in [0.2, 0.25) is 0 Å². The Balaban J connectivity index is 2.07. The summed E-state index contributed by atoms with van der Waals surface area (Å²) in [6.45, 7) is 0.913. The fourth-order valence-electron chi connectivity index (χ4n) is 2.15. The molecule has 1 saturated heterocycles. The van der Waals surface area contributed by atoms with Crippen molar-refractivity contribution in [3.63, 3.8) is 0 Å². The quantitative estimate of drug-likeness (QED) is 0.839. The molecule has 2 atom stereocenters. The zero-order chi connectivity index (χ0) is 12.3. The molecule has 0 bridgehead atoms. The van der Waals surface area contributed by atoms with Gasteiger partial charge in [-0.2, -0.15) is 0 Å². The lowest BCUT2D eigenvalue weighted by atomic mass is 9.92. The first-order chi connectivity index (χ1) is 8.20. The van der Waals surface area contributed by atoms with Crippen molar-refractivity contribution in [3.05, 3.63) is 17.5 Å². The summed E-state index contributed by atoms with van der Waals surface area (Å²) in [5, 5.41) is 10.2. The van der Waals surface area contributed by atoms with Crippen LogP contribution in [0.15, 0.2) is 12.4 Å². The van der Waals surface area contributed by atoms with Gasteiger partial charge in [-0.25, -0.2) is 9.97 Å². The summed E-state index contributed by atoms with van der Waals surface area (Å²) in [5.74, 6) is 0.697. The van der Waals surface area contributed by atoms with Crippen LogP contribution in [0.5, 0.6) is 0 Å². The molecule has 1 aliphatic rings. The summed E-state index contributed by atoms with van der Waals surface area (Å²) < 4.78 is 12.4. The minimum Gasteiger partial charge on any atom is -0.393 e. The molecule has 1 aromatic rings. The van der Waals surface area contributed by atoms with Gasteiger partial charge in [0, 0.05) is 25.1 Å². The zero-order valence-corrected chi connectivity index (χ0v) is 10.1. The van der Waals surface area contributed by atoms with Crippen LogP contribution < -0.4 is 4.90 Å². The highest BCUT2D eigenvalue weighted by atomic mass is 35.5. The second kappa shape index (κ2) is 5.60. The number of aliphatic hydroxyl groups is 1. The predicted octanol–water partition coefficient (Wildman–Crippen LogP) is 1.68. The summed E-state index contributed by atoms with van der Waals surface area (Å²) >= 11 is 5.80. The first kappa shape index (κ1) is 12.5. The van der Waals surface area contributed by atoms with Gasteiger partial charge in [0.15, 0.2) is 0 Å². The van der Waals surface area contributed by atoms with Crippen molar-refractivity contribution in [3.8, 4) is 0 Å². The minimum absolute atomic E-state index is 0.0394. The molecule has 17 heavy (non-hydrogen) atoms. The van der Waals surface area contributed by atoms with Gasteiger partial charge in [0.1, 0.15) is 17.3 Å². The molecule has 0 spiro atoms. The van der Waals surface area contributed by atoms with E-state index >= 15 is 0 Å². The standard InChI is InChI=1S/C11H15ClFN3O/c12-10-5-11(15-7-14-10)16-4-2-9(17)8(6-16)1-3-13/h5,7-9,17H,1-4,6H2/t8-,9-/m1/s1. The molecule has 0 aromatic carbocycles. The average Bonchev–Trinajstić information content (AvgIpc) is 2.32. The molecule has 1 N–H and O–H groups in total. The molecule has 0 unspecified atom stereocenters. The number of aromatic nitrogens is 2. The number of halogens is 2. The second-order valence-corrected chi connectivity index (χ2v) is 4.63. The summed E-state index contributed by atoms with van der Waals surface area (Å²) in [5.41, 5.74) is 0. The van der Waals surface area contributed by atoms with Crippen LogP contribution in [0.2, 0.25) is 5.15 Å². The van der Waals surface area contributed by atoms with E-state index in [9.17, 15) is 9.50 Å². The van der Waals surface area contributed by atoms with Gasteiger partial charge in [0.05, 0.1) is 12.8 Å². The van der Waals surface area contributed by atoms with Crippen LogP contribution in [-0.4, -0.2) is 40.9 Å². The number of aliphatic hydroxyl groups excluding tert-OH is 1. The van der Waals surface area contributed by atoms with E-state index in [1.54, 1.807) is 6.07 Å². The number of hydrogen-bond donors (Lipinski definition) is 1. The normalized spacial score (nSPS) is 25.0. The van der Waals surface area contributed by atoms with E-state index in [4.69, 9.17) is 11.6 Å². The Morgan fingerprint density at radius 3 is 3.06 bits per heavy atom. The lowest BCUT2D eigenvalue weighted by Gasteiger charge is -2.36. The van der Waals surface area contributed by atoms with Gasteiger partial charge >= 0.3 is 0 Å². The molecule has 1 aromatic heterocycles. The van der Waals surface area contributed by atoms with Crippen LogP contribution >= 0.6 is 11.6 Å². The van der Waals surface area contributed by atoms with E-state index < -0.39 is 12.8 Å². The van der Waals surface area contributed by atoms with Gasteiger partial charge in [-0.05, 0) is 12.8 Å². The minimum atomic E-state index is -0.417. The van der Waals surface area contributed by atoms with Crippen molar-refractivity contribution in [2.24, 2.45) is 5.92 Å². The van der Waals surface area contributed by atoms with E-state index in [1.165, 1.54) is 6.33 Å². The molecular weight excluding hydrogens is 245 g/mol. The largest absolute Gasteiger partial charge is 0.393 e. The van der Waals surface area contributed by atoms with E-state index in [-0.39, 0.29) is 5.92 Å². The van der Waals surface area contributed by atoms with Crippen molar-refractivity contribution in [1.82, 2.24) is 9.97 Å². The first-order valence-corrected chi connectivity index (χ1v) is 6.05. The molecule has 0 aliphatic carbocycles. The maximum absolute atomic E-state index is 12.4. The Morgan fingerprint density at radius 1 is 1.53 bits per heavy atom. The van der Waals surface area contributed by atoms with Crippen molar-refractivity contribution in [1.29, 1.82) is 0 Å². The Kier molecular flexibility index (Phi) is 4.12. The number of piperidine rings is 1. The number of rotatable bonds is 3. The topological polar surface area (TPSA) is 49.2 Å². The number of hydrogen-bond acceptors (Lipinski definition) is 4. The van der Waals surface area contributed by atoms with Crippen LogP contribution in [0.4, 0.5) is 10.2 Å². The van der Waals surface area contributed by atoms with Gasteiger partial charge in [0.25, 0.3) is 0 Å². The lowest BCUT2D eigenvalue weighted by Crippen LogP contribution is -2.43. The highest BCUT2D eigenvalue weighted by Gasteiger charge is 2.28. The maximum atomic E-state index is 12.4. The van der Waals surface area contributed by atoms with Crippen molar-refractivity contribution in [2.45, 2.75) is 18.9 Å². The third-order valence-corrected chi connectivity index (χ3v) is 3.32. The van der Waals surface area contributed by atoms with Crippen molar-refractivity contribution in [2.75, 3.05) is 24.7 Å². The highest BCUT2D eigenvalue weighted by Crippen LogP contribution is 2.25. The number of nitrogens with zero attached hydrogens (tertiary/aromatic N) is 3. The molecule has 4 nitrogen and oxygen atoms in total. The Hall–Kier alpha value is -0.940. The molecule has 2 rings (SSSR count). The van der Waals surface area contributed by atoms with Crippen LogP contribution in [-0.2, 0) is 0 Å². The first-order valence-electron chi connectivity index (χ1n) is 5.67. The highest BCUT2D eigenvalue weighted by molar-refractivity contribution is 6.29.